The summed E-state index contributed by atoms with van der Waals surface area (Å²) >= 11 is 0. The van der Waals surface area contributed by atoms with E-state index in [-0.39, 0.29) is 5.41 Å². The molecule has 0 bridgehead atoms. The fraction of sp³-hybridized carbons (Fsp3) is 0.400. The monoisotopic (exact) mass is 279 g/mol. The zero-order valence-corrected chi connectivity index (χ0v) is 13.1. The van der Waals surface area contributed by atoms with Crippen LogP contribution in [0.5, 0.6) is 0 Å². The molecule has 1 saturated carbocycles. The number of likely N-dealkylation sites (N-methyl/N-ethyl adjacent to an activating group) is 1. The van der Waals surface area contributed by atoms with Crippen LogP contribution in [0.2, 0.25) is 0 Å². The van der Waals surface area contributed by atoms with Gasteiger partial charge in [0.1, 0.15) is 0 Å². The molecule has 1 N–H and O–H groups in total. The Balaban J connectivity index is 2.00. The molecule has 0 aromatic heterocycles. The molecule has 1 atom stereocenters. The van der Waals surface area contributed by atoms with E-state index in [4.69, 9.17) is 0 Å². The molecule has 0 amide bonds. The molecule has 2 aromatic rings. The molecule has 2 aromatic carbocycles. The summed E-state index contributed by atoms with van der Waals surface area (Å²) in [5, 5.41) is 3.76. The highest BCUT2D eigenvalue weighted by atomic mass is 14.9. The summed E-state index contributed by atoms with van der Waals surface area (Å²) in [7, 11) is 0. The highest BCUT2D eigenvalue weighted by Gasteiger charge is 2.45. The van der Waals surface area contributed by atoms with Crippen molar-refractivity contribution in [2.45, 2.75) is 44.6 Å². The molecule has 0 heterocycles. The Morgan fingerprint density at radius 2 is 1.67 bits per heavy atom. The van der Waals surface area contributed by atoms with Gasteiger partial charge >= 0.3 is 0 Å². The maximum absolute atomic E-state index is 3.76. The van der Waals surface area contributed by atoms with Crippen LogP contribution >= 0.6 is 0 Å². The molecule has 1 aliphatic carbocycles. The van der Waals surface area contributed by atoms with Gasteiger partial charge < -0.3 is 5.32 Å². The second-order valence-corrected chi connectivity index (χ2v) is 6.28. The molecule has 0 saturated heterocycles. The minimum atomic E-state index is 0.270. The smallest absolute Gasteiger partial charge is 0.0418 e. The average molecular weight is 279 g/mol. The van der Waals surface area contributed by atoms with E-state index in [9.17, 15) is 0 Å². The fourth-order valence-electron chi connectivity index (χ4n) is 3.67. The molecule has 1 heteroatoms. The third kappa shape index (κ3) is 2.63. The van der Waals surface area contributed by atoms with Crippen molar-refractivity contribution in [3.05, 3.63) is 71.3 Å². The minimum Gasteiger partial charge on any atom is -0.309 e. The van der Waals surface area contributed by atoms with E-state index in [0.29, 0.717) is 6.04 Å². The summed E-state index contributed by atoms with van der Waals surface area (Å²) in [5.41, 5.74) is 4.51. The second-order valence-electron chi connectivity index (χ2n) is 6.28. The third-order valence-electron chi connectivity index (χ3n) is 4.97. The molecule has 1 fully saturated rings. The van der Waals surface area contributed by atoms with Crippen LogP contribution in [-0.2, 0) is 5.41 Å². The van der Waals surface area contributed by atoms with Gasteiger partial charge in [-0.05, 0) is 37.4 Å². The molecule has 0 radical (unpaired) electrons. The number of nitrogens with one attached hydrogen (secondary N) is 1. The van der Waals surface area contributed by atoms with Crippen LogP contribution in [0.15, 0.2) is 54.6 Å². The van der Waals surface area contributed by atoms with Crippen molar-refractivity contribution < 1.29 is 0 Å². The first-order valence-corrected chi connectivity index (χ1v) is 8.12. The fourth-order valence-corrected chi connectivity index (χ4v) is 3.67. The lowest BCUT2D eigenvalue weighted by Crippen LogP contribution is -2.46. The SMILES string of the molecule is CCNC(c1ccc(C)cc1)C1(c2ccccc2)CCC1. The summed E-state index contributed by atoms with van der Waals surface area (Å²) < 4.78 is 0. The molecule has 21 heavy (non-hydrogen) atoms. The van der Waals surface area contributed by atoms with Crippen LogP contribution in [0.25, 0.3) is 0 Å². The molecule has 110 valence electrons. The van der Waals surface area contributed by atoms with E-state index in [0.717, 1.165) is 6.54 Å². The number of hydrogen-bond donors (Lipinski definition) is 1. The molecule has 3 rings (SSSR count). The molecule has 1 aliphatic rings. The minimum absolute atomic E-state index is 0.270. The topological polar surface area (TPSA) is 12.0 Å². The Bertz CT molecular complexity index is 567. The maximum Gasteiger partial charge on any atom is 0.0418 e. The second kappa shape index (κ2) is 6.03. The van der Waals surface area contributed by atoms with Gasteiger partial charge in [0.05, 0.1) is 0 Å². The van der Waals surface area contributed by atoms with Crippen LogP contribution < -0.4 is 5.32 Å². The van der Waals surface area contributed by atoms with Crippen molar-refractivity contribution in [1.29, 1.82) is 0 Å². The maximum atomic E-state index is 3.76. The third-order valence-corrected chi connectivity index (χ3v) is 4.97. The predicted octanol–water partition coefficient (Wildman–Crippen LogP) is 4.77. The van der Waals surface area contributed by atoms with Crippen molar-refractivity contribution in [3.8, 4) is 0 Å². The van der Waals surface area contributed by atoms with E-state index in [1.165, 1.54) is 36.0 Å². The Morgan fingerprint density at radius 1 is 1.00 bits per heavy atom. The summed E-state index contributed by atoms with van der Waals surface area (Å²) in [6.07, 6.45) is 3.90. The molecular weight excluding hydrogens is 254 g/mol. The van der Waals surface area contributed by atoms with E-state index in [1.54, 1.807) is 0 Å². The van der Waals surface area contributed by atoms with Gasteiger partial charge in [0.15, 0.2) is 0 Å². The first-order valence-electron chi connectivity index (χ1n) is 8.12. The Labute approximate surface area is 128 Å². The largest absolute Gasteiger partial charge is 0.309 e. The van der Waals surface area contributed by atoms with Gasteiger partial charge in [-0.3, -0.25) is 0 Å². The number of benzene rings is 2. The predicted molar refractivity (Wildman–Crippen MR) is 89.6 cm³/mol. The number of rotatable bonds is 5. The van der Waals surface area contributed by atoms with E-state index in [2.05, 4.69) is 73.8 Å². The molecule has 1 nitrogen and oxygen atoms in total. The molecule has 0 spiro atoms. The zero-order chi connectivity index (χ0) is 14.7. The zero-order valence-electron chi connectivity index (χ0n) is 13.1. The van der Waals surface area contributed by atoms with Crippen LogP contribution in [0, 0.1) is 6.92 Å². The van der Waals surface area contributed by atoms with Crippen LogP contribution in [0.3, 0.4) is 0 Å². The normalized spacial score (nSPS) is 18.0. The lowest BCUT2D eigenvalue weighted by atomic mass is 9.58. The standard InChI is InChI=1S/C20H25N/c1-3-21-19(17-12-10-16(2)11-13-17)20(14-7-15-20)18-8-5-4-6-9-18/h4-6,8-13,19,21H,3,7,14-15H2,1-2H3. The molecule has 1 unspecified atom stereocenters. The van der Waals surface area contributed by atoms with E-state index >= 15 is 0 Å². The highest BCUT2D eigenvalue weighted by molar-refractivity contribution is 5.36. The summed E-state index contributed by atoms with van der Waals surface area (Å²) in [6, 6.07) is 20.5. The van der Waals surface area contributed by atoms with Crippen LogP contribution in [0.1, 0.15) is 48.9 Å². The summed E-state index contributed by atoms with van der Waals surface area (Å²) in [4.78, 5) is 0. The average Bonchev–Trinajstić information content (AvgIpc) is 2.47. The van der Waals surface area contributed by atoms with Gasteiger partial charge in [0.25, 0.3) is 0 Å². The highest BCUT2D eigenvalue weighted by Crippen LogP contribution is 2.52. The number of aryl methyl sites for hydroxylation is 1. The van der Waals surface area contributed by atoms with E-state index < -0.39 is 0 Å². The van der Waals surface area contributed by atoms with E-state index in [1.807, 2.05) is 0 Å². The van der Waals surface area contributed by atoms with Crippen LogP contribution in [0.4, 0.5) is 0 Å². The van der Waals surface area contributed by atoms with Gasteiger partial charge in [0, 0.05) is 11.5 Å². The summed E-state index contributed by atoms with van der Waals surface area (Å²) in [5.74, 6) is 0. The van der Waals surface area contributed by atoms with Gasteiger partial charge in [-0.25, -0.2) is 0 Å². The summed E-state index contributed by atoms with van der Waals surface area (Å²) in [6.45, 7) is 5.37. The van der Waals surface area contributed by atoms with Gasteiger partial charge in [-0.15, -0.1) is 0 Å². The van der Waals surface area contributed by atoms with Gasteiger partial charge in [0.2, 0.25) is 0 Å². The Hall–Kier alpha value is -1.60. The van der Waals surface area contributed by atoms with Crippen molar-refractivity contribution in [2.24, 2.45) is 0 Å². The molecule has 0 aliphatic heterocycles. The lowest BCUT2D eigenvalue weighted by molar-refractivity contribution is 0.171. The Morgan fingerprint density at radius 3 is 2.19 bits per heavy atom. The van der Waals surface area contributed by atoms with Crippen molar-refractivity contribution in [1.82, 2.24) is 5.32 Å². The van der Waals surface area contributed by atoms with Gasteiger partial charge in [-0.2, -0.15) is 0 Å². The van der Waals surface area contributed by atoms with Crippen molar-refractivity contribution >= 4 is 0 Å². The quantitative estimate of drug-likeness (QED) is 0.831. The van der Waals surface area contributed by atoms with Crippen molar-refractivity contribution in [2.75, 3.05) is 6.54 Å². The molecular formula is C20H25N. The number of hydrogen-bond acceptors (Lipinski definition) is 1. The van der Waals surface area contributed by atoms with Crippen molar-refractivity contribution in [3.63, 3.8) is 0 Å². The first-order chi connectivity index (χ1) is 10.3. The first kappa shape index (κ1) is 14.3. The van der Waals surface area contributed by atoms with Crippen LogP contribution in [-0.4, -0.2) is 6.54 Å². The Kier molecular flexibility index (Phi) is 4.12. The lowest BCUT2D eigenvalue weighted by Gasteiger charge is -2.49. The van der Waals surface area contributed by atoms with Gasteiger partial charge in [-0.1, -0.05) is 73.5 Å².